The summed E-state index contributed by atoms with van der Waals surface area (Å²) in [6.07, 6.45) is 11.4. The van der Waals surface area contributed by atoms with E-state index in [0.29, 0.717) is 0 Å². The first-order valence-corrected chi connectivity index (χ1v) is 5.73. The van der Waals surface area contributed by atoms with Gasteiger partial charge >= 0.3 is 0 Å². The van der Waals surface area contributed by atoms with Gasteiger partial charge in [-0.15, -0.1) is 0 Å². The first-order chi connectivity index (χ1) is 6.33. The summed E-state index contributed by atoms with van der Waals surface area (Å²) in [6, 6.07) is 0. The minimum absolute atomic E-state index is 0.837. The van der Waals surface area contributed by atoms with E-state index in [1.165, 1.54) is 45.2 Å². The molecule has 0 amide bonds. The molecule has 1 atom stereocenters. The van der Waals surface area contributed by atoms with Crippen molar-refractivity contribution in [2.24, 2.45) is 5.92 Å². The van der Waals surface area contributed by atoms with E-state index in [1.807, 2.05) is 0 Å². The van der Waals surface area contributed by atoms with E-state index < -0.39 is 0 Å². The minimum Gasteiger partial charge on any atom is -0.377 e. The van der Waals surface area contributed by atoms with Gasteiger partial charge in [0, 0.05) is 13.1 Å². The van der Waals surface area contributed by atoms with E-state index >= 15 is 0 Å². The van der Waals surface area contributed by atoms with Crippen molar-refractivity contribution in [3.8, 4) is 0 Å². The van der Waals surface area contributed by atoms with Crippen LogP contribution in [-0.2, 0) is 0 Å². The second-order valence-electron chi connectivity index (χ2n) is 4.24. The number of allylic oxidation sites excluding steroid dienone is 1. The third kappa shape index (κ3) is 4.35. The number of hydrogen-bond donors (Lipinski definition) is 0. The molecule has 0 saturated heterocycles. The van der Waals surface area contributed by atoms with Crippen LogP contribution in [0.25, 0.3) is 0 Å². The molecule has 1 rings (SSSR count). The molecule has 0 aromatic rings. The number of hydrogen-bond acceptors (Lipinski definition) is 1. The summed E-state index contributed by atoms with van der Waals surface area (Å²) in [4.78, 5) is 2.49. The molecule has 0 aromatic heterocycles. The fourth-order valence-electron chi connectivity index (χ4n) is 1.73. The molecule has 0 N–H and O–H groups in total. The van der Waals surface area contributed by atoms with Crippen LogP contribution in [0.4, 0.5) is 0 Å². The lowest BCUT2D eigenvalue weighted by Gasteiger charge is -2.24. The van der Waals surface area contributed by atoms with Crippen molar-refractivity contribution in [2.45, 2.75) is 46.0 Å². The van der Waals surface area contributed by atoms with Crippen molar-refractivity contribution in [3.05, 3.63) is 12.3 Å². The van der Waals surface area contributed by atoms with Crippen LogP contribution in [0.15, 0.2) is 12.3 Å². The van der Waals surface area contributed by atoms with Crippen LogP contribution >= 0.6 is 0 Å². The Bertz CT molecular complexity index is 151. The smallest absolute Gasteiger partial charge is 0.0197 e. The number of nitrogens with zero attached hydrogens (tertiary/aromatic N) is 1. The van der Waals surface area contributed by atoms with Crippen LogP contribution in [0, 0.1) is 5.92 Å². The highest BCUT2D eigenvalue weighted by atomic mass is 15.1. The largest absolute Gasteiger partial charge is 0.377 e. The lowest BCUT2D eigenvalue weighted by atomic mass is 10.1. The molecule has 13 heavy (non-hydrogen) atoms. The van der Waals surface area contributed by atoms with Gasteiger partial charge in [0.2, 0.25) is 0 Å². The molecule has 1 nitrogen and oxygen atoms in total. The van der Waals surface area contributed by atoms with Gasteiger partial charge in [-0.05, 0) is 31.4 Å². The van der Waals surface area contributed by atoms with Crippen LogP contribution < -0.4 is 0 Å². The second kappa shape index (κ2) is 6.06. The fourth-order valence-corrected chi connectivity index (χ4v) is 1.73. The topological polar surface area (TPSA) is 3.24 Å². The Hall–Kier alpha value is -0.460. The van der Waals surface area contributed by atoms with E-state index in [2.05, 4.69) is 31.0 Å². The summed E-state index contributed by atoms with van der Waals surface area (Å²) in [5.74, 6) is 0.837. The summed E-state index contributed by atoms with van der Waals surface area (Å²) in [7, 11) is 0. The average Bonchev–Trinajstić information content (AvgIpc) is 2.09. The van der Waals surface area contributed by atoms with E-state index in [-0.39, 0.29) is 0 Å². The summed E-state index contributed by atoms with van der Waals surface area (Å²) in [5.41, 5.74) is 0. The Morgan fingerprint density at radius 1 is 1.31 bits per heavy atom. The molecule has 0 fully saturated rings. The third-order valence-corrected chi connectivity index (χ3v) is 2.88. The Labute approximate surface area is 82.8 Å². The molecule has 0 saturated carbocycles. The minimum atomic E-state index is 0.837. The molecular formula is C12H23N. The van der Waals surface area contributed by atoms with Crippen molar-refractivity contribution in [1.82, 2.24) is 4.90 Å². The van der Waals surface area contributed by atoms with Crippen molar-refractivity contribution >= 4 is 0 Å². The Balaban J connectivity index is 2.32. The summed E-state index contributed by atoms with van der Waals surface area (Å²) in [5, 5.41) is 0. The van der Waals surface area contributed by atoms with E-state index in [1.54, 1.807) is 0 Å². The monoisotopic (exact) mass is 181 g/mol. The quantitative estimate of drug-likeness (QED) is 0.645. The highest BCUT2D eigenvalue weighted by Crippen LogP contribution is 2.11. The van der Waals surface area contributed by atoms with Crippen LogP contribution in [0.5, 0.6) is 0 Å². The zero-order valence-corrected chi connectivity index (χ0v) is 9.13. The van der Waals surface area contributed by atoms with E-state index in [9.17, 15) is 0 Å². The maximum atomic E-state index is 2.49. The first kappa shape index (κ1) is 10.6. The summed E-state index contributed by atoms with van der Waals surface area (Å²) in [6.45, 7) is 7.12. The third-order valence-electron chi connectivity index (χ3n) is 2.88. The molecule has 1 aliphatic rings. The predicted octanol–water partition coefficient (Wildman–Crippen LogP) is 3.42. The highest BCUT2D eigenvalue weighted by Gasteiger charge is 2.05. The van der Waals surface area contributed by atoms with Crippen molar-refractivity contribution in [1.29, 1.82) is 0 Å². The molecule has 1 unspecified atom stereocenters. The van der Waals surface area contributed by atoms with E-state index in [4.69, 9.17) is 0 Å². The number of rotatable bonds is 3. The zero-order chi connectivity index (χ0) is 9.52. The van der Waals surface area contributed by atoms with Gasteiger partial charge in [-0.2, -0.15) is 0 Å². The molecule has 0 aliphatic carbocycles. The lowest BCUT2D eigenvalue weighted by Crippen LogP contribution is -2.24. The van der Waals surface area contributed by atoms with Crippen LogP contribution in [0.2, 0.25) is 0 Å². The van der Waals surface area contributed by atoms with Gasteiger partial charge in [0.05, 0.1) is 0 Å². The molecule has 1 aliphatic heterocycles. The van der Waals surface area contributed by atoms with Crippen LogP contribution in [-0.4, -0.2) is 18.0 Å². The summed E-state index contributed by atoms with van der Waals surface area (Å²) < 4.78 is 0. The van der Waals surface area contributed by atoms with Gasteiger partial charge < -0.3 is 4.90 Å². The van der Waals surface area contributed by atoms with Crippen molar-refractivity contribution < 1.29 is 0 Å². The molecule has 0 aromatic carbocycles. The molecule has 0 bridgehead atoms. The van der Waals surface area contributed by atoms with Gasteiger partial charge in [-0.3, -0.25) is 0 Å². The fraction of sp³-hybridized carbons (Fsp3) is 0.833. The molecule has 1 heteroatoms. The Morgan fingerprint density at radius 2 is 2.15 bits per heavy atom. The second-order valence-corrected chi connectivity index (χ2v) is 4.24. The molecular weight excluding hydrogens is 158 g/mol. The van der Waals surface area contributed by atoms with Crippen LogP contribution in [0.1, 0.15) is 46.0 Å². The SMILES string of the molecule is CCC(C)CN1C=CCCCCC1. The predicted molar refractivity (Wildman–Crippen MR) is 58.6 cm³/mol. The standard InChI is InChI=1S/C12H23N/c1-3-12(2)11-13-9-7-5-4-6-8-10-13/h7,9,12H,3-6,8,10-11H2,1-2H3. The molecule has 1 heterocycles. The van der Waals surface area contributed by atoms with Crippen molar-refractivity contribution in [2.75, 3.05) is 13.1 Å². The Kier molecular flexibility index (Phi) is 4.95. The highest BCUT2D eigenvalue weighted by molar-refractivity contribution is 4.84. The zero-order valence-electron chi connectivity index (χ0n) is 9.13. The maximum Gasteiger partial charge on any atom is 0.0197 e. The van der Waals surface area contributed by atoms with Gasteiger partial charge in [-0.1, -0.05) is 32.8 Å². The van der Waals surface area contributed by atoms with Gasteiger partial charge in [0.1, 0.15) is 0 Å². The molecule has 0 spiro atoms. The molecule has 0 radical (unpaired) electrons. The van der Waals surface area contributed by atoms with Gasteiger partial charge in [-0.25, -0.2) is 0 Å². The normalized spacial score (nSPS) is 20.9. The average molecular weight is 181 g/mol. The van der Waals surface area contributed by atoms with E-state index in [0.717, 1.165) is 5.92 Å². The van der Waals surface area contributed by atoms with Crippen LogP contribution in [0.3, 0.4) is 0 Å². The summed E-state index contributed by atoms with van der Waals surface area (Å²) >= 11 is 0. The van der Waals surface area contributed by atoms with Crippen molar-refractivity contribution in [3.63, 3.8) is 0 Å². The first-order valence-electron chi connectivity index (χ1n) is 5.73. The lowest BCUT2D eigenvalue weighted by molar-refractivity contribution is 0.302. The van der Waals surface area contributed by atoms with Gasteiger partial charge in [0.25, 0.3) is 0 Å². The van der Waals surface area contributed by atoms with Gasteiger partial charge in [0.15, 0.2) is 0 Å². The molecule has 76 valence electrons. The maximum absolute atomic E-state index is 2.49. The Morgan fingerprint density at radius 3 is 2.92 bits per heavy atom.